The van der Waals surface area contributed by atoms with Gasteiger partial charge >= 0.3 is 0 Å². The normalized spacial score (nSPS) is 26.9. The molecule has 0 aliphatic heterocycles. The Labute approximate surface area is 97.8 Å². The van der Waals surface area contributed by atoms with E-state index in [-0.39, 0.29) is 0 Å². The standard InChI is InChI=1S/C12H24N2O2/c1-2-10-6-3-4-7-11(10)16-9-5-8-12(13)14-15/h10-11,15H,2-9H2,1H3,(H2,13,14). The maximum atomic E-state index is 8.39. The van der Waals surface area contributed by atoms with E-state index < -0.39 is 0 Å². The third kappa shape index (κ3) is 4.39. The van der Waals surface area contributed by atoms with Crippen LogP contribution in [0.15, 0.2) is 5.16 Å². The number of hydrogen-bond acceptors (Lipinski definition) is 3. The second-order valence-corrected chi connectivity index (χ2v) is 4.56. The molecule has 0 amide bonds. The Morgan fingerprint density at radius 2 is 2.19 bits per heavy atom. The van der Waals surface area contributed by atoms with E-state index in [0.29, 0.717) is 18.4 Å². The average molecular weight is 228 g/mol. The van der Waals surface area contributed by atoms with Crippen LogP contribution in [-0.4, -0.2) is 23.8 Å². The minimum atomic E-state index is 0.291. The topological polar surface area (TPSA) is 67.8 Å². The van der Waals surface area contributed by atoms with Crippen LogP contribution < -0.4 is 5.73 Å². The zero-order chi connectivity index (χ0) is 11.8. The number of nitrogens with two attached hydrogens (primary N) is 1. The lowest BCUT2D eigenvalue weighted by atomic mass is 9.85. The van der Waals surface area contributed by atoms with Gasteiger partial charge in [0.2, 0.25) is 0 Å². The lowest BCUT2D eigenvalue weighted by molar-refractivity contribution is -0.0124. The van der Waals surface area contributed by atoms with Gasteiger partial charge in [0.05, 0.1) is 6.10 Å². The molecule has 1 saturated carbocycles. The molecule has 0 bridgehead atoms. The van der Waals surface area contributed by atoms with Gasteiger partial charge in [0.1, 0.15) is 5.84 Å². The summed E-state index contributed by atoms with van der Waals surface area (Å²) >= 11 is 0. The summed E-state index contributed by atoms with van der Waals surface area (Å²) < 4.78 is 5.89. The lowest BCUT2D eigenvalue weighted by Crippen LogP contribution is -2.27. The van der Waals surface area contributed by atoms with Crippen molar-refractivity contribution in [2.75, 3.05) is 6.61 Å². The van der Waals surface area contributed by atoms with Gasteiger partial charge < -0.3 is 15.7 Å². The summed E-state index contributed by atoms with van der Waals surface area (Å²) in [5, 5.41) is 11.3. The highest BCUT2D eigenvalue weighted by Gasteiger charge is 2.23. The first kappa shape index (κ1) is 13.3. The molecule has 0 aromatic carbocycles. The van der Waals surface area contributed by atoms with Crippen molar-refractivity contribution in [1.29, 1.82) is 0 Å². The molecule has 4 heteroatoms. The van der Waals surface area contributed by atoms with Crippen LogP contribution in [0.1, 0.15) is 51.9 Å². The van der Waals surface area contributed by atoms with Crippen molar-refractivity contribution in [2.24, 2.45) is 16.8 Å². The van der Waals surface area contributed by atoms with Crippen LogP contribution in [-0.2, 0) is 4.74 Å². The molecule has 1 rings (SSSR count). The number of amidine groups is 1. The Kier molecular flexibility index (Phi) is 6.23. The molecule has 1 aliphatic carbocycles. The summed E-state index contributed by atoms with van der Waals surface area (Å²) in [7, 11) is 0. The van der Waals surface area contributed by atoms with E-state index in [1.54, 1.807) is 0 Å². The Morgan fingerprint density at radius 3 is 2.88 bits per heavy atom. The van der Waals surface area contributed by atoms with Gasteiger partial charge in [-0.15, -0.1) is 0 Å². The van der Waals surface area contributed by atoms with Crippen LogP contribution in [0.25, 0.3) is 0 Å². The minimum absolute atomic E-state index is 0.291. The summed E-state index contributed by atoms with van der Waals surface area (Å²) in [5.74, 6) is 1.02. The molecule has 1 fully saturated rings. The van der Waals surface area contributed by atoms with Gasteiger partial charge in [-0.2, -0.15) is 0 Å². The van der Waals surface area contributed by atoms with E-state index in [0.717, 1.165) is 18.9 Å². The smallest absolute Gasteiger partial charge is 0.139 e. The second kappa shape index (κ2) is 7.49. The second-order valence-electron chi connectivity index (χ2n) is 4.56. The first-order valence-corrected chi connectivity index (χ1v) is 6.36. The van der Waals surface area contributed by atoms with Crippen molar-refractivity contribution < 1.29 is 9.94 Å². The Morgan fingerprint density at radius 1 is 1.44 bits per heavy atom. The maximum Gasteiger partial charge on any atom is 0.139 e. The molecule has 94 valence electrons. The SMILES string of the molecule is CCC1CCCCC1OCCC/C(N)=N/O. The van der Waals surface area contributed by atoms with Crippen molar-refractivity contribution in [3.05, 3.63) is 0 Å². The quantitative estimate of drug-likeness (QED) is 0.241. The van der Waals surface area contributed by atoms with Crippen LogP contribution in [0.4, 0.5) is 0 Å². The van der Waals surface area contributed by atoms with Crippen molar-refractivity contribution in [2.45, 2.75) is 58.0 Å². The molecule has 4 nitrogen and oxygen atoms in total. The van der Waals surface area contributed by atoms with Gasteiger partial charge in [0.25, 0.3) is 0 Å². The van der Waals surface area contributed by atoms with Gasteiger partial charge in [-0.05, 0) is 25.2 Å². The Bertz CT molecular complexity index is 219. The zero-order valence-corrected chi connectivity index (χ0v) is 10.2. The monoisotopic (exact) mass is 228 g/mol. The largest absolute Gasteiger partial charge is 0.409 e. The third-order valence-corrected chi connectivity index (χ3v) is 3.40. The minimum Gasteiger partial charge on any atom is -0.409 e. The molecule has 0 aromatic rings. The van der Waals surface area contributed by atoms with E-state index in [9.17, 15) is 0 Å². The predicted octanol–water partition coefficient (Wildman–Crippen LogP) is 2.50. The van der Waals surface area contributed by atoms with E-state index in [1.807, 2.05) is 0 Å². The van der Waals surface area contributed by atoms with E-state index in [1.165, 1.54) is 32.1 Å². The average Bonchev–Trinajstić information content (AvgIpc) is 2.34. The highest BCUT2D eigenvalue weighted by atomic mass is 16.5. The molecule has 0 heterocycles. The van der Waals surface area contributed by atoms with Gasteiger partial charge in [-0.25, -0.2) is 0 Å². The molecule has 1 aliphatic rings. The van der Waals surface area contributed by atoms with Crippen molar-refractivity contribution >= 4 is 5.84 Å². The van der Waals surface area contributed by atoms with E-state index >= 15 is 0 Å². The molecular weight excluding hydrogens is 204 g/mol. The van der Waals surface area contributed by atoms with Gasteiger partial charge in [0.15, 0.2) is 0 Å². The summed E-state index contributed by atoms with van der Waals surface area (Å²) in [6, 6.07) is 0. The summed E-state index contributed by atoms with van der Waals surface area (Å²) in [5.41, 5.74) is 5.39. The fourth-order valence-corrected chi connectivity index (χ4v) is 2.40. The molecule has 0 radical (unpaired) electrons. The van der Waals surface area contributed by atoms with Gasteiger partial charge in [0, 0.05) is 13.0 Å². The van der Waals surface area contributed by atoms with Gasteiger partial charge in [-0.1, -0.05) is 31.3 Å². The molecule has 2 unspecified atom stereocenters. The number of hydrogen-bond donors (Lipinski definition) is 2. The molecule has 0 aromatic heterocycles. The summed E-state index contributed by atoms with van der Waals surface area (Å²) in [6.07, 6.45) is 8.24. The summed E-state index contributed by atoms with van der Waals surface area (Å²) in [6.45, 7) is 2.96. The van der Waals surface area contributed by atoms with Crippen molar-refractivity contribution in [3.8, 4) is 0 Å². The molecule has 16 heavy (non-hydrogen) atoms. The maximum absolute atomic E-state index is 8.39. The lowest BCUT2D eigenvalue weighted by Gasteiger charge is -2.30. The zero-order valence-electron chi connectivity index (χ0n) is 10.2. The Balaban J connectivity index is 2.15. The first-order chi connectivity index (χ1) is 7.77. The molecule has 3 N–H and O–H groups in total. The van der Waals surface area contributed by atoms with Crippen LogP contribution in [0, 0.1) is 5.92 Å². The number of nitrogens with zero attached hydrogens (tertiary/aromatic N) is 1. The van der Waals surface area contributed by atoms with Crippen molar-refractivity contribution in [1.82, 2.24) is 0 Å². The number of ether oxygens (including phenoxy) is 1. The fourth-order valence-electron chi connectivity index (χ4n) is 2.40. The van der Waals surface area contributed by atoms with Crippen LogP contribution >= 0.6 is 0 Å². The molecule has 0 saturated heterocycles. The van der Waals surface area contributed by atoms with E-state index in [4.69, 9.17) is 15.7 Å². The van der Waals surface area contributed by atoms with Crippen LogP contribution in [0.5, 0.6) is 0 Å². The Hall–Kier alpha value is -0.770. The molecule has 0 spiro atoms. The van der Waals surface area contributed by atoms with Crippen LogP contribution in [0.3, 0.4) is 0 Å². The first-order valence-electron chi connectivity index (χ1n) is 6.36. The van der Waals surface area contributed by atoms with Crippen molar-refractivity contribution in [3.63, 3.8) is 0 Å². The fraction of sp³-hybridized carbons (Fsp3) is 0.917. The number of oxime groups is 1. The summed E-state index contributed by atoms with van der Waals surface area (Å²) in [4.78, 5) is 0. The predicted molar refractivity (Wildman–Crippen MR) is 64.6 cm³/mol. The van der Waals surface area contributed by atoms with Gasteiger partial charge in [-0.3, -0.25) is 0 Å². The highest BCUT2D eigenvalue weighted by molar-refractivity contribution is 5.79. The third-order valence-electron chi connectivity index (χ3n) is 3.40. The highest BCUT2D eigenvalue weighted by Crippen LogP contribution is 2.29. The number of rotatable bonds is 6. The van der Waals surface area contributed by atoms with Crippen LogP contribution in [0.2, 0.25) is 0 Å². The van der Waals surface area contributed by atoms with E-state index in [2.05, 4.69) is 12.1 Å². The molecular formula is C12H24N2O2. The molecule has 2 atom stereocenters.